The van der Waals surface area contributed by atoms with Crippen LogP contribution < -0.4 is 21.7 Å². The molecule has 3 aromatic rings. The molecule has 0 amide bonds. The second kappa shape index (κ2) is 11.9. The Morgan fingerprint density at radius 2 is 1.70 bits per heavy atom. The number of piperidine rings is 1. The van der Waals surface area contributed by atoms with Gasteiger partial charge in [-0.1, -0.05) is 0 Å². The zero-order chi connectivity index (χ0) is 22.9. The molecule has 2 heterocycles. The molecule has 1 aliphatic rings. The molecule has 0 unspecified atom stereocenters. The van der Waals surface area contributed by atoms with Crippen LogP contribution in [0, 0.1) is 5.82 Å². The third kappa shape index (κ3) is 7.13. The molecule has 5 N–H and O–H groups in total. The van der Waals surface area contributed by atoms with E-state index in [4.69, 9.17) is 5.73 Å². The van der Waals surface area contributed by atoms with Gasteiger partial charge in [0.15, 0.2) is 0 Å². The molecule has 1 aliphatic heterocycles. The van der Waals surface area contributed by atoms with Crippen LogP contribution in [0.2, 0.25) is 0 Å². The summed E-state index contributed by atoms with van der Waals surface area (Å²) in [5.74, 6) is 0.844. The van der Waals surface area contributed by atoms with Crippen molar-refractivity contribution >= 4 is 35.1 Å². The molecule has 0 saturated carbocycles. The van der Waals surface area contributed by atoms with Crippen molar-refractivity contribution in [1.82, 2.24) is 19.6 Å². The molecule has 2 aromatic carbocycles. The zero-order valence-electron chi connectivity index (χ0n) is 18.5. The molecule has 1 fully saturated rings. The van der Waals surface area contributed by atoms with Gasteiger partial charge in [-0.15, -0.1) is 0 Å². The van der Waals surface area contributed by atoms with Gasteiger partial charge in [-0.2, -0.15) is 4.98 Å². The van der Waals surface area contributed by atoms with Crippen LogP contribution in [0.25, 0.3) is 0 Å². The molecule has 0 bridgehead atoms. The van der Waals surface area contributed by atoms with Crippen molar-refractivity contribution in [3.05, 3.63) is 66.6 Å². The first-order valence-corrected chi connectivity index (χ1v) is 12.0. The van der Waals surface area contributed by atoms with Gasteiger partial charge < -0.3 is 21.7 Å². The first-order chi connectivity index (χ1) is 16.2. The molecular formula is C24H30FN7S. The van der Waals surface area contributed by atoms with E-state index in [2.05, 4.69) is 42.4 Å². The predicted molar refractivity (Wildman–Crippen MR) is 134 cm³/mol. The third-order valence-corrected chi connectivity index (χ3v) is 6.60. The Labute approximate surface area is 198 Å². The Morgan fingerprint density at radius 1 is 1.00 bits per heavy atom. The van der Waals surface area contributed by atoms with E-state index in [9.17, 15) is 4.39 Å². The largest absolute Gasteiger partial charge is 0.340 e. The van der Waals surface area contributed by atoms with Gasteiger partial charge >= 0.3 is 0 Å². The second-order valence-electron chi connectivity index (χ2n) is 7.90. The van der Waals surface area contributed by atoms with Gasteiger partial charge in [0, 0.05) is 35.1 Å². The monoisotopic (exact) mass is 467 g/mol. The summed E-state index contributed by atoms with van der Waals surface area (Å²) in [5.41, 5.74) is 7.44. The lowest BCUT2D eigenvalue weighted by atomic mass is 10.1. The van der Waals surface area contributed by atoms with Gasteiger partial charge in [0.2, 0.25) is 5.95 Å². The Morgan fingerprint density at radius 3 is 2.42 bits per heavy atom. The number of hydrogen-bond donors (Lipinski definition) is 4. The molecule has 33 heavy (non-hydrogen) atoms. The summed E-state index contributed by atoms with van der Waals surface area (Å²) >= 11 is 1.81. The van der Waals surface area contributed by atoms with Crippen LogP contribution in [-0.2, 0) is 0 Å². The number of benzene rings is 2. The number of nitrogens with one attached hydrogen (secondary N) is 3. The van der Waals surface area contributed by atoms with Crippen molar-refractivity contribution in [1.29, 1.82) is 0 Å². The number of halogens is 1. The quantitative estimate of drug-likeness (QED) is 0.324. The fourth-order valence-electron chi connectivity index (χ4n) is 3.68. The van der Waals surface area contributed by atoms with Gasteiger partial charge in [0.05, 0.1) is 0 Å². The SMILES string of the molecule is NCCCN(Sc1ccc(Nc2nccc(Nc3ccc(F)cc3)n2)cc1)C1CCNCC1. The summed E-state index contributed by atoms with van der Waals surface area (Å²) in [7, 11) is 0. The maximum atomic E-state index is 13.1. The highest BCUT2D eigenvalue weighted by molar-refractivity contribution is 7.97. The number of hydrogen-bond acceptors (Lipinski definition) is 8. The normalized spacial score (nSPS) is 14.4. The molecule has 9 heteroatoms. The maximum Gasteiger partial charge on any atom is 0.229 e. The van der Waals surface area contributed by atoms with E-state index in [0.29, 0.717) is 24.4 Å². The zero-order valence-corrected chi connectivity index (χ0v) is 19.3. The summed E-state index contributed by atoms with van der Waals surface area (Å²) in [4.78, 5) is 9.99. The van der Waals surface area contributed by atoms with Crippen LogP contribution in [0.3, 0.4) is 0 Å². The van der Waals surface area contributed by atoms with E-state index in [1.165, 1.54) is 17.0 Å². The highest BCUT2D eigenvalue weighted by Gasteiger charge is 2.21. The van der Waals surface area contributed by atoms with Gasteiger partial charge in [-0.25, -0.2) is 13.7 Å². The average Bonchev–Trinajstić information content (AvgIpc) is 2.85. The summed E-state index contributed by atoms with van der Waals surface area (Å²) < 4.78 is 15.6. The van der Waals surface area contributed by atoms with Crippen LogP contribution in [-0.4, -0.2) is 46.5 Å². The molecule has 1 saturated heterocycles. The van der Waals surface area contributed by atoms with Gasteiger partial charge in [0.25, 0.3) is 0 Å². The highest BCUT2D eigenvalue weighted by Crippen LogP contribution is 2.29. The smallest absolute Gasteiger partial charge is 0.229 e. The van der Waals surface area contributed by atoms with Crippen molar-refractivity contribution in [2.75, 3.05) is 36.8 Å². The van der Waals surface area contributed by atoms with E-state index in [1.807, 2.05) is 24.1 Å². The van der Waals surface area contributed by atoms with Gasteiger partial charge in [-0.3, -0.25) is 0 Å². The molecule has 174 valence electrons. The van der Waals surface area contributed by atoms with Crippen LogP contribution in [0.15, 0.2) is 65.7 Å². The molecule has 0 atom stereocenters. The molecule has 0 spiro atoms. The summed E-state index contributed by atoms with van der Waals surface area (Å²) in [6, 6.07) is 16.8. The van der Waals surface area contributed by atoms with Crippen LogP contribution >= 0.6 is 11.9 Å². The van der Waals surface area contributed by atoms with Crippen LogP contribution in [0.4, 0.5) is 27.5 Å². The lowest BCUT2D eigenvalue weighted by molar-refractivity contribution is 0.281. The standard InChI is InChI=1S/C24H30FN7S/c25-18-2-4-19(5-3-18)29-23-12-16-28-24(31-23)30-20-6-8-22(9-7-20)33-32(17-1-13-26)21-10-14-27-15-11-21/h2-9,12,16,21,27H,1,10-11,13-15,17,26H2,(H2,28,29,30,31). The van der Waals surface area contributed by atoms with E-state index in [0.717, 1.165) is 50.3 Å². The third-order valence-electron chi connectivity index (χ3n) is 5.40. The highest BCUT2D eigenvalue weighted by atomic mass is 32.2. The van der Waals surface area contributed by atoms with Gasteiger partial charge in [-0.05, 0) is 105 Å². The van der Waals surface area contributed by atoms with Crippen LogP contribution in [0.1, 0.15) is 19.3 Å². The first kappa shape index (κ1) is 23.4. The molecule has 7 nitrogen and oxygen atoms in total. The van der Waals surface area contributed by atoms with Crippen molar-refractivity contribution in [2.24, 2.45) is 5.73 Å². The minimum absolute atomic E-state index is 0.273. The van der Waals surface area contributed by atoms with Crippen molar-refractivity contribution in [3.8, 4) is 0 Å². The Bertz CT molecular complexity index is 994. The molecular weight excluding hydrogens is 437 g/mol. The fourth-order valence-corrected chi connectivity index (χ4v) is 4.79. The maximum absolute atomic E-state index is 13.1. The van der Waals surface area contributed by atoms with E-state index in [1.54, 1.807) is 24.4 Å². The second-order valence-corrected chi connectivity index (χ2v) is 9.03. The summed E-state index contributed by atoms with van der Waals surface area (Å²) in [6.07, 6.45) is 5.00. The molecule has 0 radical (unpaired) electrons. The molecule has 1 aromatic heterocycles. The minimum Gasteiger partial charge on any atom is -0.340 e. The van der Waals surface area contributed by atoms with E-state index < -0.39 is 0 Å². The number of aromatic nitrogens is 2. The minimum atomic E-state index is -0.273. The number of nitrogens with zero attached hydrogens (tertiary/aromatic N) is 3. The number of nitrogens with two attached hydrogens (primary N) is 1. The fraction of sp³-hybridized carbons (Fsp3) is 0.333. The van der Waals surface area contributed by atoms with Crippen molar-refractivity contribution < 1.29 is 4.39 Å². The predicted octanol–water partition coefficient (Wildman–Crippen LogP) is 4.51. The van der Waals surface area contributed by atoms with Crippen LogP contribution in [0.5, 0.6) is 0 Å². The van der Waals surface area contributed by atoms with Crippen molar-refractivity contribution in [2.45, 2.75) is 30.2 Å². The van der Waals surface area contributed by atoms with E-state index in [-0.39, 0.29) is 5.82 Å². The average molecular weight is 468 g/mol. The summed E-state index contributed by atoms with van der Waals surface area (Å²) in [6.45, 7) is 3.85. The first-order valence-electron chi connectivity index (χ1n) is 11.3. The number of anilines is 4. The number of rotatable bonds is 10. The van der Waals surface area contributed by atoms with Crippen molar-refractivity contribution in [3.63, 3.8) is 0 Å². The Kier molecular flexibility index (Phi) is 8.48. The summed E-state index contributed by atoms with van der Waals surface area (Å²) in [5, 5.41) is 9.84. The van der Waals surface area contributed by atoms with Gasteiger partial charge in [0.1, 0.15) is 11.6 Å². The Hall–Kier alpha value is -2.72. The topological polar surface area (TPSA) is 91.1 Å². The van der Waals surface area contributed by atoms with E-state index >= 15 is 0 Å². The lowest BCUT2D eigenvalue weighted by Crippen LogP contribution is -2.40. The Balaban J connectivity index is 1.37. The molecule has 0 aliphatic carbocycles. The molecule has 4 rings (SSSR count). The lowest BCUT2D eigenvalue weighted by Gasteiger charge is -2.33.